The van der Waals surface area contributed by atoms with Gasteiger partial charge in [-0.1, -0.05) is 32.0 Å². The molecule has 2 rings (SSSR count). The quantitative estimate of drug-likeness (QED) is 0.170. The monoisotopic (exact) mass is 535 g/mol. The first-order valence-corrected chi connectivity index (χ1v) is 13.5. The van der Waals surface area contributed by atoms with E-state index < -0.39 is 54.5 Å². The van der Waals surface area contributed by atoms with E-state index in [-0.39, 0.29) is 18.8 Å². The van der Waals surface area contributed by atoms with Gasteiger partial charge in [-0.3, -0.25) is 14.4 Å². The second kappa shape index (κ2) is 14.6. The summed E-state index contributed by atoms with van der Waals surface area (Å²) in [5, 5.41) is 27.5. The van der Waals surface area contributed by atoms with E-state index in [4.69, 9.17) is 5.73 Å². The third kappa shape index (κ3) is 9.06. The molecule has 2 aromatic rings. The first-order chi connectivity index (χ1) is 17.6. The Morgan fingerprint density at radius 3 is 2.24 bits per heavy atom. The van der Waals surface area contributed by atoms with Gasteiger partial charge in [0.25, 0.3) is 0 Å². The molecule has 0 aliphatic heterocycles. The number of fused-ring (bicyclic) bond motifs is 1. The van der Waals surface area contributed by atoms with Crippen molar-refractivity contribution in [1.29, 1.82) is 0 Å². The summed E-state index contributed by atoms with van der Waals surface area (Å²) in [5.41, 5.74) is 7.64. The van der Waals surface area contributed by atoms with Gasteiger partial charge < -0.3 is 36.9 Å². The second-order valence-electron chi connectivity index (χ2n) is 9.29. The maximum Gasteiger partial charge on any atom is 0.326 e. The van der Waals surface area contributed by atoms with Crippen LogP contribution in [0.5, 0.6) is 0 Å². The van der Waals surface area contributed by atoms with E-state index in [2.05, 4.69) is 20.9 Å². The number of nitrogens with one attached hydrogen (secondary N) is 4. The molecule has 11 nitrogen and oxygen atoms in total. The van der Waals surface area contributed by atoms with Crippen LogP contribution in [0.25, 0.3) is 10.9 Å². The van der Waals surface area contributed by atoms with E-state index in [1.165, 1.54) is 11.8 Å². The molecule has 0 aliphatic carbocycles. The number of rotatable bonds is 15. The topological polar surface area (TPSA) is 187 Å². The van der Waals surface area contributed by atoms with Crippen LogP contribution in [0.3, 0.4) is 0 Å². The minimum atomic E-state index is -1.41. The minimum absolute atomic E-state index is 0.0984. The molecule has 8 N–H and O–H groups in total. The van der Waals surface area contributed by atoms with Crippen LogP contribution in [0.1, 0.15) is 32.3 Å². The SMILES string of the molecule is CSCCC(NC(=O)C(CO)NC(=O)C(Cc1c[nH]c2ccccc12)NC(=O)C(N)CC(C)C)C(=O)O. The molecule has 4 unspecified atom stereocenters. The van der Waals surface area contributed by atoms with Gasteiger partial charge >= 0.3 is 5.97 Å². The second-order valence-corrected chi connectivity index (χ2v) is 10.3. The van der Waals surface area contributed by atoms with Gasteiger partial charge in [0.1, 0.15) is 18.1 Å². The normalized spacial score (nSPS) is 14.5. The molecule has 0 fully saturated rings. The number of hydrogen-bond acceptors (Lipinski definition) is 7. The number of aromatic amines is 1. The number of benzene rings is 1. The van der Waals surface area contributed by atoms with Gasteiger partial charge in [-0.15, -0.1) is 0 Å². The van der Waals surface area contributed by atoms with Crippen LogP contribution in [0.2, 0.25) is 0 Å². The van der Waals surface area contributed by atoms with Crippen molar-refractivity contribution in [1.82, 2.24) is 20.9 Å². The van der Waals surface area contributed by atoms with Crippen molar-refractivity contribution in [3.63, 3.8) is 0 Å². The predicted octanol–water partition coefficient (Wildman–Crippen LogP) is 0.368. The molecule has 37 heavy (non-hydrogen) atoms. The van der Waals surface area contributed by atoms with Crippen LogP contribution >= 0.6 is 11.8 Å². The molecule has 0 saturated heterocycles. The summed E-state index contributed by atoms with van der Waals surface area (Å²) < 4.78 is 0. The molecule has 0 saturated carbocycles. The zero-order valence-electron chi connectivity index (χ0n) is 21.3. The lowest BCUT2D eigenvalue weighted by Crippen LogP contribution is -2.58. The average molecular weight is 536 g/mol. The van der Waals surface area contributed by atoms with Crippen molar-refractivity contribution in [2.75, 3.05) is 18.6 Å². The number of aliphatic carboxylic acids is 1. The number of thioether (sulfide) groups is 1. The fraction of sp³-hybridized carbons (Fsp3) is 0.520. The van der Waals surface area contributed by atoms with Crippen LogP contribution in [-0.2, 0) is 25.6 Å². The van der Waals surface area contributed by atoms with Crippen molar-refractivity contribution in [3.8, 4) is 0 Å². The minimum Gasteiger partial charge on any atom is -0.480 e. The van der Waals surface area contributed by atoms with Crippen molar-refractivity contribution in [3.05, 3.63) is 36.0 Å². The molecule has 0 radical (unpaired) electrons. The van der Waals surface area contributed by atoms with Crippen LogP contribution in [0.4, 0.5) is 0 Å². The summed E-state index contributed by atoms with van der Waals surface area (Å²) in [6.07, 6.45) is 4.25. The maximum absolute atomic E-state index is 13.3. The summed E-state index contributed by atoms with van der Waals surface area (Å²) in [4.78, 5) is 53.3. The predicted molar refractivity (Wildman–Crippen MR) is 143 cm³/mol. The van der Waals surface area contributed by atoms with E-state index in [0.717, 1.165) is 16.5 Å². The fourth-order valence-corrected chi connectivity index (χ4v) is 4.33. The summed E-state index contributed by atoms with van der Waals surface area (Å²) in [6.45, 7) is 3.10. The van der Waals surface area contributed by atoms with E-state index in [1.54, 1.807) is 6.20 Å². The molecular formula is C25H37N5O6S. The lowest BCUT2D eigenvalue weighted by atomic mass is 10.0. The van der Waals surface area contributed by atoms with Gasteiger partial charge in [0.05, 0.1) is 12.6 Å². The summed E-state index contributed by atoms with van der Waals surface area (Å²) in [6, 6.07) is 2.99. The highest BCUT2D eigenvalue weighted by molar-refractivity contribution is 7.98. The van der Waals surface area contributed by atoms with Crippen LogP contribution in [-0.4, -0.2) is 81.7 Å². The number of para-hydroxylation sites is 1. The number of amides is 3. The molecule has 0 aliphatic rings. The standard InChI is InChI=1S/C25H37N5O6S/c1-14(2)10-17(26)22(32)29-20(11-15-12-27-18-7-5-4-6-16(15)18)23(33)30-21(13-31)24(34)28-19(25(35)36)8-9-37-3/h4-7,12,14,17,19-21,27,31H,8-11,13,26H2,1-3H3,(H,28,34)(H,29,32)(H,30,33)(H,35,36). The van der Waals surface area contributed by atoms with E-state index in [0.29, 0.717) is 12.2 Å². The Kier molecular flexibility index (Phi) is 11.9. The molecule has 0 bridgehead atoms. The van der Waals surface area contributed by atoms with Gasteiger partial charge in [0, 0.05) is 23.5 Å². The number of carboxylic acid groups (broad SMARTS) is 1. The Bertz CT molecular complexity index is 1070. The molecule has 1 heterocycles. The van der Waals surface area contributed by atoms with E-state index >= 15 is 0 Å². The van der Waals surface area contributed by atoms with Crippen molar-refractivity contribution in [2.24, 2.45) is 11.7 Å². The van der Waals surface area contributed by atoms with Crippen LogP contribution < -0.4 is 21.7 Å². The number of nitrogens with two attached hydrogens (primary N) is 1. The first kappa shape index (κ1) is 30.1. The number of aliphatic hydroxyl groups is 1. The lowest BCUT2D eigenvalue weighted by Gasteiger charge is -2.24. The largest absolute Gasteiger partial charge is 0.480 e. The number of carbonyl (C=O) groups is 4. The third-order valence-electron chi connectivity index (χ3n) is 5.83. The van der Waals surface area contributed by atoms with E-state index in [9.17, 15) is 29.4 Å². The number of aliphatic hydroxyl groups excluding tert-OH is 1. The summed E-state index contributed by atoms with van der Waals surface area (Å²) in [5.74, 6) is -2.60. The number of carboxylic acids is 1. The highest BCUT2D eigenvalue weighted by atomic mass is 32.2. The summed E-state index contributed by atoms with van der Waals surface area (Å²) >= 11 is 1.43. The van der Waals surface area contributed by atoms with Crippen molar-refractivity contribution >= 4 is 46.4 Å². The number of carbonyl (C=O) groups excluding carboxylic acids is 3. The highest BCUT2D eigenvalue weighted by Gasteiger charge is 2.30. The third-order valence-corrected chi connectivity index (χ3v) is 6.48. The number of aromatic nitrogens is 1. The summed E-state index contributed by atoms with van der Waals surface area (Å²) in [7, 11) is 0. The molecular weight excluding hydrogens is 498 g/mol. The number of hydrogen-bond donors (Lipinski definition) is 7. The van der Waals surface area contributed by atoms with Gasteiger partial charge in [-0.05, 0) is 42.4 Å². The first-order valence-electron chi connectivity index (χ1n) is 12.1. The smallest absolute Gasteiger partial charge is 0.326 e. The van der Waals surface area contributed by atoms with Gasteiger partial charge in [0.15, 0.2) is 0 Å². The molecule has 0 spiro atoms. The fourth-order valence-electron chi connectivity index (χ4n) is 3.86. The highest BCUT2D eigenvalue weighted by Crippen LogP contribution is 2.19. The van der Waals surface area contributed by atoms with Crippen LogP contribution in [0, 0.1) is 5.92 Å². The van der Waals surface area contributed by atoms with Gasteiger partial charge in [-0.25, -0.2) is 4.79 Å². The molecule has 3 amide bonds. The Morgan fingerprint density at radius 1 is 1.00 bits per heavy atom. The average Bonchev–Trinajstić information content (AvgIpc) is 3.26. The molecule has 4 atom stereocenters. The Hall–Kier alpha value is -3.09. The molecule has 1 aromatic heterocycles. The van der Waals surface area contributed by atoms with Gasteiger partial charge in [-0.2, -0.15) is 11.8 Å². The van der Waals surface area contributed by atoms with Gasteiger partial charge in [0.2, 0.25) is 17.7 Å². The zero-order chi connectivity index (χ0) is 27.5. The maximum atomic E-state index is 13.3. The van der Waals surface area contributed by atoms with Crippen molar-refractivity contribution < 1.29 is 29.4 Å². The molecule has 204 valence electrons. The Balaban J connectivity index is 2.21. The Labute approximate surface area is 220 Å². The lowest BCUT2D eigenvalue weighted by molar-refractivity contribution is -0.142. The van der Waals surface area contributed by atoms with Crippen molar-refractivity contribution in [2.45, 2.75) is 57.3 Å². The molecule has 1 aromatic carbocycles. The zero-order valence-corrected chi connectivity index (χ0v) is 22.1. The van der Waals surface area contributed by atoms with E-state index in [1.807, 2.05) is 44.4 Å². The Morgan fingerprint density at radius 2 is 1.62 bits per heavy atom. The molecule has 12 heteroatoms. The number of H-pyrrole nitrogens is 1. The van der Waals surface area contributed by atoms with Crippen LogP contribution in [0.15, 0.2) is 30.5 Å².